The second kappa shape index (κ2) is 5.58. The van der Waals surface area contributed by atoms with Crippen molar-refractivity contribution in [1.82, 2.24) is 9.71 Å². The van der Waals surface area contributed by atoms with Crippen LogP contribution in [0, 0.1) is 20.8 Å². The molecule has 0 aromatic carbocycles. The van der Waals surface area contributed by atoms with Gasteiger partial charge in [-0.1, -0.05) is 0 Å². The minimum atomic E-state index is -3.95. The summed E-state index contributed by atoms with van der Waals surface area (Å²) in [6.07, 6.45) is 0. The predicted octanol–water partition coefficient (Wildman–Crippen LogP) is 1.84. The van der Waals surface area contributed by atoms with Gasteiger partial charge in [-0.15, -0.1) is 11.3 Å². The van der Waals surface area contributed by atoms with Gasteiger partial charge in [-0.05, 0) is 31.7 Å². The van der Waals surface area contributed by atoms with Crippen molar-refractivity contribution in [2.24, 2.45) is 0 Å². The van der Waals surface area contributed by atoms with Crippen molar-refractivity contribution in [2.75, 3.05) is 0 Å². The molecular formula is C12H14N2O5S2. The lowest BCUT2D eigenvalue weighted by Crippen LogP contribution is -2.25. The summed E-state index contributed by atoms with van der Waals surface area (Å²) in [4.78, 5) is 14.7. The summed E-state index contributed by atoms with van der Waals surface area (Å²) >= 11 is 0.882. The Balaban J connectivity index is 2.27. The fourth-order valence-corrected chi connectivity index (χ4v) is 4.36. The van der Waals surface area contributed by atoms with E-state index in [0.717, 1.165) is 11.3 Å². The maximum absolute atomic E-state index is 12.3. The zero-order valence-electron chi connectivity index (χ0n) is 11.6. The van der Waals surface area contributed by atoms with Gasteiger partial charge in [0.15, 0.2) is 0 Å². The van der Waals surface area contributed by atoms with Crippen LogP contribution in [0.1, 0.15) is 32.6 Å². The van der Waals surface area contributed by atoms with E-state index in [1.807, 2.05) is 0 Å². The van der Waals surface area contributed by atoms with E-state index in [-0.39, 0.29) is 22.2 Å². The number of carboxylic acid groups (broad SMARTS) is 1. The van der Waals surface area contributed by atoms with E-state index in [2.05, 4.69) is 9.71 Å². The van der Waals surface area contributed by atoms with Gasteiger partial charge < -0.3 is 9.52 Å². The molecule has 2 heterocycles. The third kappa shape index (κ3) is 3.14. The van der Waals surface area contributed by atoms with Crippen LogP contribution in [0.4, 0.5) is 0 Å². The topological polar surface area (TPSA) is 110 Å². The average molecular weight is 330 g/mol. The molecule has 0 aliphatic rings. The zero-order valence-corrected chi connectivity index (χ0v) is 13.3. The molecule has 0 radical (unpaired) electrons. The second-order valence-corrected chi connectivity index (χ2v) is 7.04. The highest BCUT2D eigenvalue weighted by atomic mass is 32.2. The van der Waals surface area contributed by atoms with Crippen LogP contribution in [0.3, 0.4) is 0 Å². The summed E-state index contributed by atoms with van der Waals surface area (Å²) in [6.45, 7) is 4.90. The lowest BCUT2D eigenvalue weighted by atomic mass is 10.3. The minimum absolute atomic E-state index is 0.134. The molecule has 21 heavy (non-hydrogen) atoms. The zero-order chi connectivity index (χ0) is 15.8. The molecule has 9 heteroatoms. The first-order valence-electron chi connectivity index (χ1n) is 5.96. The van der Waals surface area contributed by atoms with Gasteiger partial charge in [0.1, 0.15) is 15.5 Å². The molecule has 2 aromatic rings. The number of hydrogen-bond donors (Lipinski definition) is 2. The number of carbonyl (C=O) groups is 1. The molecule has 0 atom stereocenters. The molecule has 0 amide bonds. The normalized spacial score (nSPS) is 11.8. The standard InChI is InChI=1S/C12H14N2O5S2/c1-6-5-20-10(12(15)16)11(6)21(17,18)13-4-9-14-7(2)8(3)19-9/h5,13H,4H2,1-3H3,(H,15,16). The van der Waals surface area contributed by atoms with E-state index >= 15 is 0 Å². The van der Waals surface area contributed by atoms with Crippen molar-refractivity contribution in [2.45, 2.75) is 32.2 Å². The molecule has 0 spiro atoms. The van der Waals surface area contributed by atoms with Crippen molar-refractivity contribution >= 4 is 27.3 Å². The van der Waals surface area contributed by atoms with Crippen LogP contribution in [0.25, 0.3) is 0 Å². The fourth-order valence-electron chi connectivity index (χ4n) is 1.76. The summed E-state index contributed by atoms with van der Waals surface area (Å²) in [5.74, 6) is -0.420. The van der Waals surface area contributed by atoms with Crippen LogP contribution in [0.5, 0.6) is 0 Å². The number of nitrogens with zero attached hydrogens (tertiary/aromatic N) is 1. The molecule has 0 aliphatic heterocycles. The number of thiophene rings is 1. The lowest BCUT2D eigenvalue weighted by molar-refractivity contribution is 0.0698. The number of hydrogen-bond acceptors (Lipinski definition) is 6. The van der Waals surface area contributed by atoms with E-state index in [0.29, 0.717) is 17.0 Å². The maximum Gasteiger partial charge on any atom is 0.347 e. The fraction of sp³-hybridized carbons (Fsp3) is 0.333. The average Bonchev–Trinajstić information content (AvgIpc) is 2.92. The number of aromatic nitrogens is 1. The van der Waals surface area contributed by atoms with E-state index < -0.39 is 16.0 Å². The van der Waals surface area contributed by atoms with Gasteiger partial charge >= 0.3 is 5.97 Å². The van der Waals surface area contributed by atoms with Crippen LogP contribution in [-0.2, 0) is 16.6 Å². The van der Waals surface area contributed by atoms with Gasteiger partial charge in [0, 0.05) is 0 Å². The Labute approximate surface area is 125 Å². The van der Waals surface area contributed by atoms with E-state index in [1.54, 1.807) is 20.8 Å². The van der Waals surface area contributed by atoms with Crippen LogP contribution >= 0.6 is 11.3 Å². The molecule has 0 fully saturated rings. The molecule has 2 rings (SSSR count). The van der Waals surface area contributed by atoms with Gasteiger partial charge in [-0.3, -0.25) is 0 Å². The molecule has 2 N–H and O–H groups in total. The molecule has 7 nitrogen and oxygen atoms in total. The highest BCUT2D eigenvalue weighted by Gasteiger charge is 2.27. The Morgan fingerprint density at radius 1 is 1.43 bits per heavy atom. The number of oxazole rings is 1. The third-order valence-electron chi connectivity index (χ3n) is 2.87. The first-order valence-corrected chi connectivity index (χ1v) is 8.32. The van der Waals surface area contributed by atoms with Crippen LogP contribution in [0.15, 0.2) is 14.7 Å². The number of carboxylic acids is 1. The first-order chi connectivity index (χ1) is 9.72. The van der Waals surface area contributed by atoms with E-state index in [1.165, 1.54) is 5.38 Å². The van der Waals surface area contributed by atoms with Crippen molar-refractivity contribution in [3.8, 4) is 0 Å². The third-order valence-corrected chi connectivity index (χ3v) is 5.67. The molecule has 0 unspecified atom stereocenters. The molecule has 0 aliphatic carbocycles. The lowest BCUT2D eigenvalue weighted by Gasteiger charge is -2.06. The van der Waals surface area contributed by atoms with Gasteiger partial charge in [0.25, 0.3) is 0 Å². The summed E-state index contributed by atoms with van der Waals surface area (Å²) in [5, 5.41) is 10.6. The Kier molecular flexibility index (Phi) is 4.17. The molecule has 114 valence electrons. The highest BCUT2D eigenvalue weighted by molar-refractivity contribution is 7.89. The van der Waals surface area contributed by atoms with Crippen molar-refractivity contribution in [1.29, 1.82) is 0 Å². The van der Waals surface area contributed by atoms with Crippen molar-refractivity contribution < 1.29 is 22.7 Å². The molecular weight excluding hydrogens is 316 g/mol. The van der Waals surface area contributed by atoms with Crippen molar-refractivity contribution in [3.05, 3.63) is 33.2 Å². The summed E-state index contributed by atoms with van der Waals surface area (Å²) < 4.78 is 32.1. The van der Waals surface area contributed by atoms with Crippen LogP contribution in [-0.4, -0.2) is 24.5 Å². The monoisotopic (exact) mass is 330 g/mol. The predicted molar refractivity (Wildman–Crippen MR) is 76.0 cm³/mol. The summed E-state index contributed by atoms with van der Waals surface area (Å²) in [6, 6.07) is 0. The maximum atomic E-state index is 12.3. The SMILES string of the molecule is Cc1csc(C(=O)O)c1S(=O)(=O)NCc1nc(C)c(C)o1. The largest absolute Gasteiger partial charge is 0.477 e. The molecule has 0 saturated carbocycles. The number of sulfonamides is 1. The summed E-state index contributed by atoms with van der Waals surface area (Å²) in [5.41, 5.74) is 1.08. The Morgan fingerprint density at radius 2 is 2.10 bits per heavy atom. The molecule has 0 bridgehead atoms. The summed E-state index contributed by atoms with van der Waals surface area (Å²) in [7, 11) is -3.95. The first kappa shape index (κ1) is 15.7. The van der Waals surface area contributed by atoms with Crippen LogP contribution in [0.2, 0.25) is 0 Å². The quantitative estimate of drug-likeness (QED) is 0.865. The van der Waals surface area contributed by atoms with Gasteiger partial charge in [-0.2, -0.15) is 0 Å². The molecule has 2 aromatic heterocycles. The number of aromatic carboxylic acids is 1. The van der Waals surface area contributed by atoms with E-state index in [9.17, 15) is 13.2 Å². The van der Waals surface area contributed by atoms with Gasteiger partial charge in [-0.25, -0.2) is 22.9 Å². The second-order valence-electron chi connectivity index (χ2n) is 4.46. The Morgan fingerprint density at radius 3 is 2.62 bits per heavy atom. The molecule has 0 saturated heterocycles. The Hall–Kier alpha value is -1.71. The Bertz CT molecular complexity index is 769. The number of rotatable bonds is 5. The van der Waals surface area contributed by atoms with E-state index in [4.69, 9.17) is 9.52 Å². The van der Waals surface area contributed by atoms with Crippen molar-refractivity contribution in [3.63, 3.8) is 0 Å². The van der Waals surface area contributed by atoms with Gasteiger partial charge in [0.05, 0.1) is 12.2 Å². The number of nitrogens with one attached hydrogen (secondary N) is 1. The highest BCUT2D eigenvalue weighted by Crippen LogP contribution is 2.26. The number of aryl methyl sites for hydroxylation is 3. The van der Waals surface area contributed by atoms with Crippen LogP contribution < -0.4 is 4.72 Å². The smallest absolute Gasteiger partial charge is 0.347 e. The van der Waals surface area contributed by atoms with Gasteiger partial charge in [0.2, 0.25) is 15.9 Å². The minimum Gasteiger partial charge on any atom is -0.477 e.